The molecule has 0 aliphatic heterocycles. The van der Waals surface area contributed by atoms with Crippen LogP contribution in [0.3, 0.4) is 0 Å². The Morgan fingerprint density at radius 1 is 1.00 bits per heavy atom. The van der Waals surface area contributed by atoms with E-state index < -0.39 is 0 Å². The maximum atomic E-state index is 3.55. The van der Waals surface area contributed by atoms with E-state index in [1.807, 2.05) is 19.1 Å². The molecule has 14 heavy (non-hydrogen) atoms. The Hall–Kier alpha value is -1.04. The Morgan fingerprint density at radius 3 is 1.64 bits per heavy atom. The maximum absolute atomic E-state index is 3.55. The first kappa shape index (κ1) is 13.0. The summed E-state index contributed by atoms with van der Waals surface area (Å²) < 4.78 is 0. The molecular weight excluding hydrogens is 168 g/mol. The molecule has 0 bridgehead atoms. The summed E-state index contributed by atoms with van der Waals surface area (Å²) in [7, 11) is 0. The van der Waals surface area contributed by atoms with Crippen LogP contribution >= 0.6 is 0 Å². The predicted molar refractivity (Wildman–Crippen MR) is 66.4 cm³/mol. The van der Waals surface area contributed by atoms with Gasteiger partial charge >= 0.3 is 0 Å². The van der Waals surface area contributed by atoms with Crippen molar-refractivity contribution in [3.8, 4) is 0 Å². The SMILES string of the molecule is C1=CCC/C=C\CC1.C=CCC=CC. The van der Waals surface area contributed by atoms with E-state index in [9.17, 15) is 0 Å². The van der Waals surface area contributed by atoms with Crippen molar-refractivity contribution in [2.45, 2.75) is 39.0 Å². The van der Waals surface area contributed by atoms with Crippen LogP contribution in [0.2, 0.25) is 0 Å². The van der Waals surface area contributed by atoms with Crippen LogP contribution in [-0.4, -0.2) is 0 Å². The van der Waals surface area contributed by atoms with Crippen LogP contribution < -0.4 is 0 Å². The third-order valence-electron chi connectivity index (χ3n) is 1.87. The zero-order valence-corrected chi connectivity index (χ0v) is 9.28. The van der Waals surface area contributed by atoms with Gasteiger partial charge in [-0.05, 0) is 39.0 Å². The van der Waals surface area contributed by atoms with Gasteiger partial charge in [-0.25, -0.2) is 0 Å². The van der Waals surface area contributed by atoms with Gasteiger partial charge in [0.15, 0.2) is 0 Å². The first-order valence-electron chi connectivity index (χ1n) is 5.44. The number of hydrogen-bond acceptors (Lipinski definition) is 0. The summed E-state index contributed by atoms with van der Waals surface area (Å²) >= 11 is 0. The molecule has 0 saturated heterocycles. The summed E-state index contributed by atoms with van der Waals surface area (Å²) in [6.07, 6.45) is 20.9. The van der Waals surface area contributed by atoms with Crippen LogP contribution in [0.5, 0.6) is 0 Å². The lowest BCUT2D eigenvalue weighted by atomic mass is 10.1. The van der Waals surface area contributed by atoms with Crippen molar-refractivity contribution in [2.75, 3.05) is 0 Å². The van der Waals surface area contributed by atoms with Crippen LogP contribution in [0.15, 0.2) is 49.1 Å². The fourth-order valence-corrected chi connectivity index (χ4v) is 1.09. The van der Waals surface area contributed by atoms with E-state index in [4.69, 9.17) is 0 Å². The van der Waals surface area contributed by atoms with E-state index in [-0.39, 0.29) is 0 Å². The smallest absolute Gasteiger partial charge is 0.0172 e. The van der Waals surface area contributed by atoms with Gasteiger partial charge < -0.3 is 0 Å². The van der Waals surface area contributed by atoms with E-state index in [0.717, 1.165) is 6.42 Å². The van der Waals surface area contributed by atoms with E-state index in [1.54, 1.807) is 0 Å². The molecule has 0 aromatic rings. The van der Waals surface area contributed by atoms with E-state index in [2.05, 4.69) is 37.0 Å². The number of allylic oxidation sites excluding steroid dienone is 7. The van der Waals surface area contributed by atoms with Crippen LogP contribution in [0, 0.1) is 0 Å². The van der Waals surface area contributed by atoms with Crippen LogP contribution in [0.25, 0.3) is 0 Å². The minimum absolute atomic E-state index is 0.997. The van der Waals surface area contributed by atoms with Crippen LogP contribution in [0.1, 0.15) is 39.0 Å². The summed E-state index contributed by atoms with van der Waals surface area (Å²) in [5.41, 5.74) is 0. The quantitative estimate of drug-likeness (QED) is 0.548. The third kappa shape index (κ3) is 11.0. The fraction of sp³-hybridized carbons (Fsp3) is 0.429. The maximum Gasteiger partial charge on any atom is -0.0172 e. The molecular formula is C14H22. The van der Waals surface area contributed by atoms with Crippen molar-refractivity contribution in [1.82, 2.24) is 0 Å². The van der Waals surface area contributed by atoms with Gasteiger partial charge in [0.1, 0.15) is 0 Å². The monoisotopic (exact) mass is 190 g/mol. The van der Waals surface area contributed by atoms with Crippen molar-refractivity contribution < 1.29 is 0 Å². The summed E-state index contributed by atoms with van der Waals surface area (Å²) in [5, 5.41) is 0. The Balaban J connectivity index is 0.000000255. The lowest BCUT2D eigenvalue weighted by molar-refractivity contribution is 0.962. The molecule has 0 heteroatoms. The molecule has 0 fully saturated rings. The Bertz CT molecular complexity index is 168. The highest BCUT2D eigenvalue weighted by molar-refractivity contribution is 4.93. The second kappa shape index (κ2) is 12.0. The van der Waals surface area contributed by atoms with E-state index in [0.29, 0.717) is 0 Å². The topological polar surface area (TPSA) is 0 Å². The summed E-state index contributed by atoms with van der Waals surface area (Å²) in [6.45, 7) is 5.55. The number of hydrogen-bond donors (Lipinski definition) is 0. The lowest BCUT2D eigenvalue weighted by Crippen LogP contribution is -1.71. The zero-order chi connectivity index (χ0) is 10.5. The van der Waals surface area contributed by atoms with Crippen molar-refractivity contribution in [2.24, 2.45) is 0 Å². The zero-order valence-electron chi connectivity index (χ0n) is 9.28. The average molecular weight is 190 g/mol. The van der Waals surface area contributed by atoms with E-state index in [1.165, 1.54) is 25.7 Å². The van der Waals surface area contributed by atoms with Gasteiger partial charge in [0.25, 0.3) is 0 Å². The highest BCUT2D eigenvalue weighted by Gasteiger charge is 1.81. The van der Waals surface area contributed by atoms with Crippen LogP contribution in [0.4, 0.5) is 0 Å². The minimum atomic E-state index is 0.997. The minimum Gasteiger partial charge on any atom is -0.103 e. The first-order chi connectivity index (χ1) is 6.91. The second-order valence-corrected chi connectivity index (χ2v) is 3.19. The van der Waals surface area contributed by atoms with Crippen molar-refractivity contribution in [1.29, 1.82) is 0 Å². The largest absolute Gasteiger partial charge is 0.103 e. The molecule has 0 spiro atoms. The van der Waals surface area contributed by atoms with Gasteiger partial charge in [0, 0.05) is 0 Å². The highest BCUT2D eigenvalue weighted by Crippen LogP contribution is 2.02. The molecule has 0 aromatic carbocycles. The molecule has 0 unspecified atom stereocenters. The standard InChI is InChI=1S/C8H12.C6H10/c1-2-4-6-8-7-5-3-1;1-3-5-6-4-2/h1-2,7-8H,3-6H2;3-4,6H,1,5H2,2H3/b2-1-,8-7?;. The summed E-state index contributed by atoms with van der Waals surface area (Å²) in [6, 6.07) is 0. The molecule has 0 amide bonds. The number of rotatable bonds is 2. The molecule has 1 aliphatic carbocycles. The van der Waals surface area contributed by atoms with Gasteiger partial charge in [-0.15, -0.1) is 6.58 Å². The molecule has 0 heterocycles. The first-order valence-corrected chi connectivity index (χ1v) is 5.44. The van der Waals surface area contributed by atoms with Gasteiger partial charge in [-0.3, -0.25) is 0 Å². The van der Waals surface area contributed by atoms with Gasteiger partial charge in [0.05, 0.1) is 0 Å². The molecule has 0 radical (unpaired) electrons. The summed E-state index contributed by atoms with van der Waals surface area (Å²) in [4.78, 5) is 0. The van der Waals surface area contributed by atoms with Gasteiger partial charge in [0.2, 0.25) is 0 Å². The van der Waals surface area contributed by atoms with Crippen molar-refractivity contribution in [3.05, 3.63) is 49.1 Å². The van der Waals surface area contributed by atoms with Crippen molar-refractivity contribution >= 4 is 0 Å². The Kier molecular flexibility index (Phi) is 11.1. The second-order valence-electron chi connectivity index (χ2n) is 3.19. The molecule has 0 saturated carbocycles. The van der Waals surface area contributed by atoms with Gasteiger partial charge in [-0.2, -0.15) is 0 Å². The normalized spacial score (nSPS) is 17.8. The average Bonchev–Trinajstić information content (AvgIpc) is 2.14. The molecule has 1 rings (SSSR count). The molecule has 0 aromatic heterocycles. The third-order valence-corrected chi connectivity index (χ3v) is 1.87. The Labute approximate surface area is 88.7 Å². The lowest BCUT2D eigenvalue weighted by Gasteiger charge is -1.92. The predicted octanol–water partition coefficient (Wildman–Crippen LogP) is 4.81. The Morgan fingerprint density at radius 2 is 1.43 bits per heavy atom. The molecule has 78 valence electrons. The van der Waals surface area contributed by atoms with Gasteiger partial charge in [-0.1, -0.05) is 42.5 Å². The van der Waals surface area contributed by atoms with Crippen molar-refractivity contribution in [3.63, 3.8) is 0 Å². The summed E-state index contributed by atoms with van der Waals surface area (Å²) in [5.74, 6) is 0. The van der Waals surface area contributed by atoms with Crippen LogP contribution in [-0.2, 0) is 0 Å². The highest BCUT2D eigenvalue weighted by atomic mass is 13.9. The fourth-order valence-electron chi connectivity index (χ4n) is 1.09. The van der Waals surface area contributed by atoms with E-state index >= 15 is 0 Å². The molecule has 0 atom stereocenters. The molecule has 0 nitrogen and oxygen atoms in total. The molecule has 1 aliphatic rings. The molecule has 0 N–H and O–H groups in total.